The lowest BCUT2D eigenvalue weighted by molar-refractivity contribution is 0.298. The van der Waals surface area contributed by atoms with Crippen molar-refractivity contribution in [3.8, 4) is 11.3 Å². The molecule has 108 valence electrons. The summed E-state index contributed by atoms with van der Waals surface area (Å²) in [5, 5.41) is 10.9. The number of rotatable bonds is 3. The summed E-state index contributed by atoms with van der Waals surface area (Å²) in [6, 6.07) is 5.99. The third-order valence-electron chi connectivity index (χ3n) is 3.37. The smallest absolute Gasteiger partial charge is 0.262 e. The van der Waals surface area contributed by atoms with Crippen molar-refractivity contribution in [3.63, 3.8) is 0 Å². The van der Waals surface area contributed by atoms with Crippen LogP contribution in [0, 0.1) is 12.7 Å². The van der Waals surface area contributed by atoms with Gasteiger partial charge in [0.25, 0.3) is 5.56 Å². The van der Waals surface area contributed by atoms with Crippen LogP contribution in [0.1, 0.15) is 11.3 Å². The summed E-state index contributed by atoms with van der Waals surface area (Å²) in [5.41, 5.74) is 2.42. The minimum absolute atomic E-state index is 0.0974. The van der Waals surface area contributed by atoms with Crippen LogP contribution < -0.4 is 5.56 Å². The first kappa shape index (κ1) is 13.9. The normalized spacial score (nSPS) is 11.2. The van der Waals surface area contributed by atoms with Crippen molar-refractivity contribution < 1.29 is 9.50 Å². The summed E-state index contributed by atoms with van der Waals surface area (Å²) in [7, 11) is 0. The van der Waals surface area contributed by atoms with Gasteiger partial charge in [0.05, 0.1) is 5.69 Å². The molecule has 2 heterocycles. The highest BCUT2D eigenvalue weighted by Crippen LogP contribution is 2.24. The van der Waals surface area contributed by atoms with Crippen molar-refractivity contribution in [2.45, 2.75) is 13.3 Å². The van der Waals surface area contributed by atoms with Gasteiger partial charge in [-0.1, -0.05) is 0 Å². The fraction of sp³-hybridized carbons (Fsp3) is 0.200. The van der Waals surface area contributed by atoms with Gasteiger partial charge in [0.1, 0.15) is 5.82 Å². The summed E-state index contributed by atoms with van der Waals surface area (Å²) < 4.78 is 14.6. The quantitative estimate of drug-likeness (QED) is 0.808. The van der Waals surface area contributed by atoms with E-state index in [1.165, 1.54) is 27.9 Å². The largest absolute Gasteiger partial charge is 0.396 e. The van der Waals surface area contributed by atoms with Gasteiger partial charge in [-0.3, -0.25) is 9.20 Å². The molecule has 0 spiro atoms. The van der Waals surface area contributed by atoms with Gasteiger partial charge in [-0.25, -0.2) is 9.37 Å². The fourth-order valence-corrected chi connectivity index (χ4v) is 3.24. The number of aryl methyl sites for hydroxylation is 1. The zero-order valence-corrected chi connectivity index (χ0v) is 12.2. The SMILES string of the molecule is Cc1nc2scc(-c3ccc(F)cc3)n2c(=O)c1CCO. The van der Waals surface area contributed by atoms with E-state index in [2.05, 4.69) is 4.98 Å². The van der Waals surface area contributed by atoms with E-state index in [4.69, 9.17) is 5.11 Å². The average Bonchev–Trinajstić information content (AvgIpc) is 2.88. The van der Waals surface area contributed by atoms with Crippen LogP contribution in [0.4, 0.5) is 4.39 Å². The Kier molecular flexibility index (Phi) is 3.57. The molecule has 1 N–H and O–H groups in total. The first-order chi connectivity index (χ1) is 10.1. The Bertz CT molecular complexity index is 852. The number of aromatic nitrogens is 2. The molecule has 0 saturated heterocycles. The molecule has 0 aliphatic carbocycles. The highest BCUT2D eigenvalue weighted by atomic mass is 32.1. The van der Waals surface area contributed by atoms with E-state index in [1.54, 1.807) is 19.1 Å². The van der Waals surface area contributed by atoms with E-state index in [-0.39, 0.29) is 24.4 Å². The predicted octanol–water partition coefficient (Wildman–Crippen LogP) is 2.41. The fourth-order valence-electron chi connectivity index (χ4n) is 2.31. The number of hydrogen-bond acceptors (Lipinski definition) is 4. The molecular weight excluding hydrogens is 291 g/mol. The van der Waals surface area contributed by atoms with Gasteiger partial charge in [0, 0.05) is 29.7 Å². The van der Waals surface area contributed by atoms with Crippen LogP contribution in [0.25, 0.3) is 16.2 Å². The molecule has 2 aromatic heterocycles. The lowest BCUT2D eigenvalue weighted by atomic mass is 10.1. The lowest BCUT2D eigenvalue weighted by Gasteiger charge is -2.06. The first-order valence-electron chi connectivity index (χ1n) is 6.48. The number of benzene rings is 1. The zero-order chi connectivity index (χ0) is 15.0. The van der Waals surface area contributed by atoms with Crippen LogP contribution in [0.15, 0.2) is 34.4 Å². The third-order valence-corrected chi connectivity index (χ3v) is 4.20. The second-order valence-corrected chi connectivity index (χ2v) is 5.54. The monoisotopic (exact) mass is 304 g/mol. The lowest BCUT2D eigenvalue weighted by Crippen LogP contribution is -2.22. The maximum Gasteiger partial charge on any atom is 0.262 e. The van der Waals surface area contributed by atoms with Gasteiger partial charge in [0.15, 0.2) is 4.96 Å². The number of aliphatic hydroxyl groups excluding tert-OH is 1. The summed E-state index contributed by atoms with van der Waals surface area (Å²) in [6.07, 6.45) is 0.277. The molecule has 0 radical (unpaired) electrons. The second kappa shape index (κ2) is 5.38. The molecule has 0 bridgehead atoms. The molecular formula is C15H13FN2O2S. The summed E-state index contributed by atoms with van der Waals surface area (Å²) >= 11 is 1.36. The van der Waals surface area contributed by atoms with Crippen molar-refractivity contribution in [2.75, 3.05) is 6.61 Å². The van der Waals surface area contributed by atoms with Gasteiger partial charge >= 0.3 is 0 Å². The highest BCUT2D eigenvalue weighted by molar-refractivity contribution is 7.15. The Balaban J connectivity index is 2.28. The van der Waals surface area contributed by atoms with Gasteiger partial charge in [-0.15, -0.1) is 11.3 Å². The minimum atomic E-state index is -0.319. The predicted molar refractivity (Wildman–Crippen MR) is 80.3 cm³/mol. The molecule has 0 aliphatic rings. The maximum absolute atomic E-state index is 13.0. The van der Waals surface area contributed by atoms with E-state index in [0.29, 0.717) is 21.9 Å². The molecule has 4 nitrogen and oxygen atoms in total. The zero-order valence-electron chi connectivity index (χ0n) is 11.3. The standard InChI is InChI=1S/C15H13FN2O2S/c1-9-12(6-7-19)14(20)18-13(8-21-15(18)17-9)10-2-4-11(16)5-3-10/h2-5,8,19H,6-7H2,1H3. The van der Waals surface area contributed by atoms with Crippen LogP contribution >= 0.6 is 11.3 Å². The minimum Gasteiger partial charge on any atom is -0.396 e. The van der Waals surface area contributed by atoms with Crippen LogP contribution in [0.2, 0.25) is 0 Å². The highest BCUT2D eigenvalue weighted by Gasteiger charge is 2.14. The van der Waals surface area contributed by atoms with E-state index in [1.807, 2.05) is 5.38 Å². The number of aliphatic hydroxyl groups is 1. The molecule has 3 aromatic rings. The number of fused-ring (bicyclic) bond motifs is 1. The summed E-state index contributed by atoms with van der Waals surface area (Å²) in [5.74, 6) is -0.319. The van der Waals surface area contributed by atoms with Crippen LogP contribution in [0.5, 0.6) is 0 Å². The molecule has 1 aromatic carbocycles. The molecule has 0 atom stereocenters. The molecule has 0 amide bonds. The van der Waals surface area contributed by atoms with Gasteiger partial charge < -0.3 is 5.11 Å². The number of halogens is 1. The van der Waals surface area contributed by atoms with E-state index in [9.17, 15) is 9.18 Å². The Morgan fingerprint density at radius 1 is 1.33 bits per heavy atom. The maximum atomic E-state index is 13.0. The van der Waals surface area contributed by atoms with Crippen LogP contribution in [0.3, 0.4) is 0 Å². The van der Waals surface area contributed by atoms with Crippen LogP contribution in [-0.4, -0.2) is 21.1 Å². The number of thiazole rings is 1. The van der Waals surface area contributed by atoms with Crippen molar-refractivity contribution in [3.05, 3.63) is 57.1 Å². The molecule has 0 unspecified atom stereocenters. The molecule has 0 aliphatic heterocycles. The number of hydrogen-bond donors (Lipinski definition) is 1. The topological polar surface area (TPSA) is 54.6 Å². The molecule has 0 fully saturated rings. The van der Waals surface area contributed by atoms with Crippen molar-refractivity contribution in [1.82, 2.24) is 9.38 Å². The average molecular weight is 304 g/mol. The van der Waals surface area contributed by atoms with E-state index < -0.39 is 0 Å². The Labute approximate surface area is 124 Å². The molecule has 21 heavy (non-hydrogen) atoms. The third kappa shape index (κ3) is 2.36. The number of nitrogens with zero attached hydrogens (tertiary/aromatic N) is 2. The molecule has 3 rings (SSSR count). The van der Waals surface area contributed by atoms with Crippen molar-refractivity contribution in [2.24, 2.45) is 0 Å². The first-order valence-corrected chi connectivity index (χ1v) is 7.36. The molecule has 0 saturated carbocycles. The second-order valence-electron chi connectivity index (χ2n) is 4.70. The Hall–Kier alpha value is -2.05. The summed E-state index contributed by atoms with van der Waals surface area (Å²) in [6.45, 7) is 1.67. The van der Waals surface area contributed by atoms with Crippen molar-refractivity contribution in [1.29, 1.82) is 0 Å². The Morgan fingerprint density at radius 3 is 2.71 bits per heavy atom. The van der Waals surface area contributed by atoms with Crippen molar-refractivity contribution >= 4 is 16.3 Å². The van der Waals surface area contributed by atoms with Gasteiger partial charge in [0.2, 0.25) is 0 Å². The molecule has 6 heteroatoms. The summed E-state index contributed by atoms with van der Waals surface area (Å²) in [4.78, 5) is 17.6. The van der Waals surface area contributed by atoms with Gasteiger partial charge in [-0.05, 0) is 36.8 Å². The van der Waals surface area contributed by atoms with E-state index in [0.717, 1.165) is 5.56 Å². The Morgan fingerprint density at radius 2 is 2.05 bits per heavy atom. The van der Waals surface area contributed by atoms with E-state index >= 15 is 0 Å². The van der Waals surface area contributed by atoms with Crippen LogP contribution in [-0.2, 0) is 6.42 Å². The van der Waals surface area contributed by atoms with Gasteiger partial charge in [-0.2, -0.15) is 0 Å².